The minimum absolute atomic E-state index is 0.112. The molecule has 0 bridgehead atoms. The van der Waals surface area contributed by atoms with Crippen molar-refractivity contribution >= 4 is 0 Å². The molecule has 1 nitrogen and oxygen atoms in total. The molecule has 0 amide bonds. The van der Waals surface area contributed by atoms with E-state index in [4.69, 9.17) is 5.73 Å². The molecule has 0 heterocycles. The number of rotatable bonds is 4. The molecule has 2 N–H and O–H groups in total. The summed E-state index contributed by atoms with van der Waals surface area (Å²) in [6.45, 7) is 5.25. The Morgan fingerprint density at radius 1 is 0.889 bits per heavy atom. The van der Waals surface area contributed by atoms with Crippen LogP contribution in [0.2, 0.25) is 0 Å². The van der Waals surface area contributed by atoms with Crippen molar-refractivity contribution in [1.29, 1.82) is 0 Å². The van der Waals surface area contributed by atoms with Crippen molar-refractivity contribution in [3.8, 4) is 11.1 Å². The maximum absolute atomic E-state index is 5.74. The topological polar surface area (TPSA) is 26.0 Å². The molecule has 0 saturated carbocycles. The van der Waals surface area contributed by atoms with Gasteiger partial charge in [0.1, 0.15) is 0 Å². The number of nitrogens with two attached hydrogens (primary N) is 1. The van der Waals surface area contributed by atoms with Crippen LogP contribution in [0.5, 0.6) is 0 Å². The van der Waals surface area contributed by atoms with Gasteiger partial charge in [-0.05, 0) is 35.1 Å². The SMILES string of the molecule is CC(C)(CCN)c1ccccc1-c1ccccc1. The zero-order valence-corrected chi connectivity index (χ0v) is 11.2. The van der Waals surface area contributed by atoms with Gasteiger partial charge in [-0.15, -0.1) is 0 Å². The summed E-state index contributed by atoms with van der Waals surface area (Å²) in [4.78, 5) is 0. The molecule has 0 aliphatic carbocycles. The van der Waals surface area contributed by atoms with E-state index in [0.717, 1.165) is 13.0 Å². The summed E-state index contributed by atoms with van der Waals surface area (Å²) in [6.07, 6.45) is 0.997. The zero-order chi connectivity index (χ0) is 13.0. The maximum atomic E-state index is 5.74. The van der Waals surface area contributed by atoms with Crippen LogP contribution >= 0.6 is 0 Å². The van der Waals surface area contributed by atoms with Gasteiger partial charge in [0, 0.05) is 0 Å². The average Bonchev–Trinajstić information content (AvgIpc) is 2.40. The molecule has 2 aromatic rings. The Bertz CT molecular complexity index is 500. The lowest BCUT2D eigenvalue weighted by molar-refractivity contribution is 0.489. The lowest BCUT2D eigenvalue weighted by atomic mass is 9.78. The van der Waals surface area contributed by atoms with Crippen molar-refractivity contribution < 1.29 is 0 Å². The molecule has 0 unspecified atom stereocenters. The third kappa shape index (κ3) is 2.62. The van der Waals surface area contributed by atoms with Crippen LogP contribution in [0.4, 0.5) is 0 Å². The number of hydrogen-bond acceptors (Lipinski definition) is 1. The van der Waals surface area contributed by atoms with E-state index in [9.17, 15) is 0 Å². The van der Waals surface area contributed by atoms with Crippen molar-refractivity contribution in [3.63, 3.8) is 0 Å². The quantitative estimate of drug-likeness (QED) is 0.858. The minimum atomic E-state index is 0.112. The second kappa shape index (κ2) is 5.36. The van der Waals surface area contributed by atoms with Crippen LogP contribution in [-0.2, 0) is 5.41 Å². The molecule has 0 atom stereocenters. The van der Waals surface area contributed by atoms with Gasteiger partial charge in [-0.1, -0.05) is 68.4 Å². The molecular weight excluding hydrogens is 218 g/mol. The Morgan fingerprint density at radius 2 is 1.50 bits per heavy atom. The van der Waals surface area contributed by atoms with E-state index in [2.05, 4.69) is 68.4 Å². The highest BCUT2D eigenvalue weighted by Gasteiger charge is 2.22. The molecule has 0 aliphatic rings. The maximum Gasteiger partial charge on any atom is -0.00690 e. The van der Waals surface area contributed by atoms with Crippen molar-refractivity contribution in [1.82, 2.24) is 0 Å². The van der Waals surface area contributed by atoms with Crippen LogP contribution in [0.15, 0.2) is 54.6 Å². The fraction of sp³-hybridized carbons (Fsp3) is 0.294. The van der Waals surface area contributed by atoms with E-state index in [1.165, 1.54) is 16.7 Å². The Morgan fingerprint density at radius 3 is 2.17 bits per heavy atom. The normalized spacial score (nSPS) is 11.5. The standard InChI is InChI=1S/C17H21N/c1-17(2,12-13-18)16-11-7-6-10-15(16)14-8-4-3-5-9-14/h3-11H,12-13,18H2,1-2H3. The van der Waals surface area contributed by atoms with Crippen molar-refractivity contribution in [2.45, 2.75) is 25.7 Å². The Balaban J connectivity index is 2.50. The Kier molecular flexibility index (Phi) is 3.83. The van der Waals surface area contributed by atoms with Gasteiger partial charge in [0.25, 0.3) is 0 Å². The molecule has 2 rings (SSSR count). The molecule has 2 aromatic carbocycles. The first-order valence-corrected chi connectivity index (χ1v) is 6.50. The smallest absolute Gasteiger partial charge is 0.00690 e. The molecule has 0 fully saturated rings. The molecule has 1 heteroatoms. The summed E-state index contributed by atoms with van der Waals surface area (Å²) < 4.78 is 0. The van der Waals surface area contributed by atoms with E-state index < -0.39 is 0 Å². The van der Waals surface area contributed by atoms with Gasteiger partial charge in [-0.25, -0.2) is 0 Å². The highest BCUT2D eigenvalue weighted by molar-refractivity contribution is 5.68. The molecule has 0 aliphatic heterocycles. The third-order valence-corrected chi connectivity index (χ3v) is 3.51. The molecule has 94 valence electrons. The first kappa shape index (κ1) is 12.8. The van der Waals surface area contributed by atoms with Gasteiger partial charge in [-0.3, -0.25) is 0 Å². The monoisotopic (exact) mass is 239 g/mol. The molecule has 0 radical (unpaired) electrons. The molecule has 18 heavy (non-hydrogen) atoms. The van der Waals surface area contributed by atoms with Gasteiger partial charge in [-0.2, -0.15) is 0 Å². The largest absolute Gasteiger partial charge is 0.330 e. The van der Waals surface area contributed by atoms with E-state index in [1.807, 2.05) is 0 Å². The van der Waals surface area contributed by atoms with Gasteiger partial charge in [0.05, 0.1) is 0 Å². The van der Waals surface area contributed by atoms with Crippen LogP contribution in [0, 0.1) is 0 Å². The van der Waals surface area contributed by atoms with Gasteiger partial charge in [0.2, 0.25) is 0 Å². The highest BCUT2D eigenvalue weighted by Crippen LogP contribution is 2.34. The highest BCUT2D eigenvalue weighted by atomic mass is 14.5. The van der Waals surface area contributed by atoms with E-state index in [-0.39, 0.29) is 5.41 Å². The fourth-order valence-electron chi connectivity index (χ4n) is 2.44. The molecule has 0 spiro atoms. The number of benzene rings is 2. The predicted octanol–water partition coefficient (Wildman–Crippen LogP) is 3.98. The Hall–Kier alpha value is -1.60. The van der Waals surface area contributed by atoms with Gasteiger partial charge in [0.15, 0.2) is 0 Å². The molecular formula is C17H21N. The average molecular weight is 239 g/mol. The van der Waals surface area contributed by atoms with Crippen molar-refractivity contribution in [2.24, 2.45) is 5.73 Å². The first-order chi connectivity index (χ1) is 8.65. The predicted molar refractivity (Wildman–Crippen MR) is 78.6 cm³/mol. The van der Waals surface area contributed by atoms with Crippen LogP contribution in [0.3, 0.4) is 0 Å². The minimum Gasteiger partial charge on any atom is -0.330 e. The second-order valence-electron chi connectivity index (χ2n) is 5.33. The summed E-state index contributed by atoms with van der Waals surface area (Å²) in [5.74, 6) is 0. The number of hydrogen-bond donors (Lipinski definition) is 1. The first-order valence-electron chi connectivity index (χ1n) is 6.50. The van der Waals surface area contributed by atoms with E-state index in [1.54, 1.807) is 0 Å². The summed E-state index contributed by atoms with van der Waals surface area (Å²) in [5.41, 5.74) is 9.82. The van der Waals surface area contributed by atoms with Crippen LogP contribution in [0.1, 0.15) is 25.8 Å². The van der Waals surface area contributed by atoms with Gasteiger partial charge < -0.3 is 5.73 Å². The van der Waals surface area contributed by atoms with E-state index >= 15 is 0 Å². The van der Waals surface area contributed by atoms with Crippen LogP contribution in [0.25, 0.3) is 11.1 Å². The van der Waals surface area contributed by atoms with E-state index in [0.29, 0.717) is 0 Å². The lowest BCUT2D eigenvalue weighted by Crippen LogP contribution is -2.22. The fourth-order valence-corrected chi connectivity index (χ4v) is 2.44. The summed E-state index contributed by atoms with van der Waals surface area (Å²) in [5, 5.41) is 0. The lowest BCUT2D eigenvalue weighted by Gasteiger charge is -2.27. The zero-order valence-electron chi connectivity index (χ0n) is 11.2. The third-order valence-electron chi connectivity index (χ3n) is 3.51. The Labute approximate surface area is 110 Å². The van der Waals surface area contributed by atoms with Crippen LogP contribution < -0.4 is 5.73 Å². The summed E-state index contributed by atoms with van der Waals surface area (Å²) in [7, 11) is 0. The summed E-state index contributed by atoms with van der Waals surface area (Å²) >= 11 is 0. The van der Waals surface area contributed by atoms with Gasteiger partial charge >= 0.3 is 0 Å². The second-order valence-corrected chi connectivity index (χ2v) is 5.33. The van der Waals surface area contributed by atoms with Crippen molar-refractivity contribution in [3.05, 3.63) is 60.2 Å². The molecule has 0 saturated heterocycles. The van der Waals surface area contributed by atoms with Crippen molar-refractivity contribution in [2.75, 3.05) is 6.54 Å². The molecule has 0 aromatic heterocycles. The summed E-state index contributed by atoms with van der Waals surface area (Å²) in [6, 6.07) is 19.2. The van der Waals surface area contributed by atoms with Crippen LogP contribution in [-0.4, -0.2) is 6.54 Å².